The third kappa shape index (κ3) is 9.74. The van der Waals surface area contributed by atoms with Crippen molar-refractivity contribution in [1.82, 2.24) is 15.5 Å². The number of benzene rings is 1. The molecule has 3 amide bonds. The molecule has 0 bridgehead atoms. The van der Waals surface area contributed by atoms with E-state index >= 15 is 0 Å². The summed E-state index contributed by atoms with van der Waals surface area (Å²) in [5, 5.41) is 5.86. The van der Waals surface area contributed by atoms with Gasteiger partial charge in [0.05, 0.1) is 0 Å². The molecule has 1 aromatic rings. The predicted molar refractivity (Wildman–Crippen MR) is 145 cm³/mol. The van der Waals surface area contributed by atoms with Crippen molar-refractivity contribution in [2.24, 2.45) is 0 Å². The number of hydrogen-bond donors (Lipinski definition) is 2. The molecule has 0 aliphatic heterocycles. The number of amides is 3. The molecule has 1 aromatic carbocycles. The van der Waals surface area contributed by atoms with Crippen molar-refractivity contribution in [1.29, 1.82) is 0 Å². The Kier molecular flexibility index (Phi) is 12.6. The number of nitrogens with one attached hydrogen (secondary N) is 2. The van der Waals surface area contributed by atoms with Gasteiger partial charge in [-0.1, -0.05) is 31.5 Å². The van der Waals surface area contributed by atoms with Crippen LogP contribution in [0.15, 0.2) is 18.2 Å². The summed E-state index contributed by atoms with van der Waals surface area (Å²) in [6.45, 7) is 15.5. The van der Waals surface area contributed by atoms with Crippen molar-refractivity contribution < 1.29 is 19.1 Å². The summed E-state index contributed by atoms with van der Waals surface area (Å²) in [5.74, 6) is 0.171. The molecule has 0 aliphatic carbocycles. The lowest BCUT2D eigenvalue weighted by Crippen LogP contribution is -2.53. The molecule has 35 heavy (non-hydrogen) atoms. The highest BCUT2D eigenvalue weighted by Gasteiger charge is 2.36. The Morgan fingerprint density at radius 2 is 1.74 bits per heavy atom. The first-order valence-electron chi connectivity index (χ1n) is 12.5. The van der Waals surface area contributed by atoms with Gasteiger partial charge in [-0.25, -0.2) is 4.79 Å². The van der Waals surface area contributed by atoms with Crippen molar-refractivity contribution in [3.63, 3.8) is 0 Å². The maximum absolute atomic E-state index is 13.9. The number of nitrogens with zero attached hydrogens (tertiary/aromatic N) is 1. The van der Waals surface area contributed by atoms with Crippen molar-refractivity contribution in [3.8, 4) is 0 Å². The number of carbonyl (C=O) groups is 3. The quantitative estimate of drug-likeness (QED) is 0.409. The second-order valence-corrected chi connectivity index (χ2v) is 11.0. The summed E-state index contributed by atoms with van der Waals surface area (Å²) in [4.78, 5) is 41.6. The zero-order chi connectivity index (χ0) is 26.8. The Morgan fingerprint density at radius 1 is 1.09 bits per heavy atom. The molecule has 8 heteroatoms. The van der Waals surface area contributed by atoms with E-state index in [0.717, 1.165) is 29.5 Å². The first-order chi connectivity index (χ1) is 16.4. The van der Waals surface area contributed by atoms with Gasteiger partial charge in [0.15, 0.2) is 0 Å². The van der Waals surface area contributed by atoms with E-state index in [1.165, 1.54) is 0 Å². The highest BCUT2D eigenvalue weighted by atomic mass is 32.2. The molecule has 0 spiro atoms. The molecule has 198 valence electrons. The number of carbonyl (C=O) groups excluding carboxylic acids is 3. The molecule has 0 radical (unpaired) electrons. The summed E-state index contributed by atoms with van der Waals surface area (Å²) in [5.41, 5.74) is 2.14. The summed E-state index contributed by atoms with van der Waals surface area (Å²) in [6, 6.07) is 4.20. The van der Waals surface area contributed by atoms with Crippen LogP contribution in [-0.4, -0.2) is 59.0 Å². The number of alkyl carbamates (subject to hydrolysis) is 1. The Balaban J connectivity index is 3.41. The topological polar surface area (TPSA) is 87.7 Å². The van der Waals surface area contributed by atoms with Crippen LogP contribution < -0.4 is 10.6 Å². The van der Waals surface area contributed by atoms with Gasteiger partial charge in [-0.2, -0.15) is 11.8 Å². The highest BCUT2D eigenvalue weighted by Crippen LogP contribution is 2.28. The number of thioether (sulfide) groups is 1. The second kappa shape index (κ2) is 14.4. The van der Waals surface area contributed by atoms with E-state index in [-0.39, 0.29) is 17.9 Å². The molecule has 0 saturated heterocycles. The minimum Gasteiger partial charge on any atom is -0.444 e. The average Bonchev–Trinajstić information content (AvgIpc) is 2.75. The maximum atomic E-state index is 13.9. The minimum absolute atomic E-state index is 0.0129. The summed E-state index contributed by atoms with van der Waals surface area (Å²) in [7, 11) is 0. The van der Waals surface area contributed by atoms with Gasteiger partial charge in [0.1, 0.15) is 17.7 Å². The fourth-order valence-corrected chi connectivity index (χ4v) is 4.43. The first kappa shape index (κ1) is 30.8. The van der Waals surface area contributed by atoms with Crippen molar-refractivity contribution in [2.45, 2.75) is 98.4 Å². The number of rotatable bonds is 12. The van der Waals surface area contributed by atoms with E-state index < -0.39 is 23.8 Å². The molecule has 3 atom stereocenters. The lowest BCUT2D eigenvalue weighted by molar-refractivity contribution is -0.142. The molecule has 7 nitrogen and oxygen atoms in total. The zero-order valence-electron chi connectivity index (χ0n) is 23.0. The molecule has 0 heterocycles. The van der Waals surface area contributed by atoms with Crippen LogP contribution in [0.2, 0.25) is 0 Å². The fourth-order valence-electron chi connectivity index (χ4n) is 3.96. The van der Waals surface area contributed by atoms with Crippen molar-refractivity contribution >= 4 is 29.7 Å². The lowest BCUT2D eigenvalue weighted by Gasteiger charge is -2.35. The molecule has 3 unspecified atom stereocenters. The first-order valence-corrected chi connectivity index (χ1v) is 13.9. The average molecular weight is 508 g/mol. The van der Waals surface area contributed by atoms with Crippen LogP contribution in [0.5, 0.6) is 0 Å². The molecule has 0 fully saturated rings. The largest absolute Gasteiger partial charge is 0.444 e. The van der Waals surface area contributed by atoms with E-state index in [9.17, 15) is 14.4 Å². The van der Waals surface area contributed by atoms with Gasteiger partial charge in [-0.05, 0) is 90.0 Å². The smallest absolute Gasteiger partial charge is 0.408 e. The van der Waals surface area contributed by atoms with E-state index in [0.29, 0.717) is 18.7 Å². The molecular weight excluding hydrogens is 462 g/mol. The van der Waals surface area contributed by atoms with Crippen LogP contribution in [0.25, 0.3) is 0 Å². The van der Waals surface area contributed by atoms with E-state index in [4.69, 9.17) is 4.74 Å². The van der Waals surface area contributed by atoms with Crippen LogP contribution in [0.3, 0.4) is 0 Å². The summed E-state index contributed by atoms with van der Waals surface area (Å²) in [6.07, 6.45) is 3.54. The van der Waals surface area contributed by atoms with Crippen LogP contribution >= 0.6 is 11.8 Å². The second-order valence-electron chi connectivity index (χ2n) is 9.99. The van der Waals surface area contributed by atoms with Crippen LogP contribution in [0.4, 0.5) is 4.79 Å². The van der Waals surface area contributed by atoms with E-state index in [1.54, 1.807) is 37.4 Å². The maximum Gasteiger partial charge on any atom is 0.408 e. The third-order valence-electron chi connectivity index (χ3n) is 5.83. The Labute approximate surface area is 216 Å². The third-order valence-corrected chi connectivity index (χ3v) is 6.48. The Morgan fingerprint density at radius 3 is 2.29 bits per heavy atom. The molecule has 0 aliphatic rings. The van der Waals surface area contributed by atoms with Crippen molar-refractivity contribution in [2.75, 3.05) is 18.6 Å². The molecule has 0 saturated carbocycles. The normalized spacial score (nSPS) is 14.0. The van der Waals surface area contributed by atoms with Gasteiger partial charge in [-0.3, -0.25) is 9.59 Å². The number of hydrogen-bond acceptors (Lipinski definition) is 5. The standard InChI is InChI=1S/C27H45N3O4S/c1-10-13-19(4)28-24(31)23(21-15-12-14-18(3)20(21)5)30(11-2)25(32)22(16-17-35-9)29-26(33)34-27(6,7)8/h12,14-15,19,22-23H,10-11,13,16-17H2,1-9H3,(H,28,31)(H,29,33). The molecular formula is C27H45N3O4S. The van der Waals surface area contributed by atoms with Gasteiger partial charge < -0.3 is 20.3 Å². The Hall–Kier alpha value is -2.22. The van der Waals surface area contributed by atoms with Crippen LogP contribution in [0.1, 0.15) is 83.5 Å². The van der Waals surface area contributed by atoms with Crippen molar-refractivity contribution in [3.05, 3.63) is 34.9 Å². The number of ether oxygens (including phenoxy) is 1. The van der Waals surface area contributed by atoms with Gasteiger partial charge in [0, 0.05) is 12.6 Å². The Bertz CT molecular complexity index is 853. The number of aryl methyl sites for hydroxylation is 1. The summed E-state index contributed by atoms with van der Waals surface area (Å²) < 4.78 is 5.41. The summed E-state index contributed by atoms with van der Waals surface area (Å²) >= 11 is 1.59. The van der Waals surface area contributed by atoms with Gasteiger partial charge in [-0.15, -0.1) is 0 Å². The monoisotopic (exact) mass is 507 g/mol. The lowest BCUT2D eigenvalue weighted by atomic mass is 9.94. The fraction of sp³-hybridized carbons (Fsp3) is 0.667. The van der Waals surface area contributed by atoms with Gasteiger partial charge in [0.25, 0.3) is 0 Å². The highest BCUT2D eigenvalue weighted by molar-refractivity contribution is 7.98. The SMILES string of the molecule is CCCC(C)NC(=O)C(c1cccc(C)c1C)N(CC)C(=O)C(CCSC)NC(=O)OC(C)(C)C. The minimum atomic E-state index is -0.802. The molecule has 0 aromatic heterocycles. The van der Waals surface area contributed by atoms with Crippen LogP contribution in [-0.2, 0) is 14.3 Å². The van der Waals surface area contributed by atoms with Gasteiger partial charge >= 0.3 is 6.09 Å². The van der Waals surface area contributed by atoms with Gasteiger partial charge in [0.2, 0.25) is 11.8 Å². The van der Waals surface area contributed by atoms with Crippen LogP contribution in [0, 0.1) is 13.8 Å². The van der Waals surface area contributed by atoms with E-state index in [1.807, 2.05) is 52.1 Å². The molecule has 1 rings (SSSR count). The zero-order valence-corrected chi connectivity index (χ0v) is 23.8. The molecule has 2 N–H and O–H groups in total. The van der Waals surface area contributed by atoms with E-state index in [2.05, 4.69) is 17.6 Å². The number of likely N-dealkylation sites (N-methyl/N-ethyl adjacent to an activating group) is 1. The predicted octanol–water partition coefficient (Wildman–Crippen LogP) is 5.14.